The molecule has 5 nitrogen and oxygen atoms in total. The molecule has 1 amide bonds. The van der Waals surface area contributed by atoms with Crippen molar-refractivity contribution in [2.45, 2.75) is 51.9 Å². The maximum atomic E-state index is 11.7. The van der Waals surface area contributed by atoms with Crippen molar-refractivity contribution in [1.29, 1.82) is 0 Å². The van der Waals surface area contributed by atoms with Crippen molar-refractivity contribution in [1.82, 2.24) is 5.32 Å². The largest absolute Gasteiger partial charge is 0.487 e. The van der Waals surface area contributed by atoms with E-state index in [2.05, 4.69) is 5.32 Å². The molecule has 1 aromatic rings. The lowest BCUT2D eigenvalue weighted by Gasteiger charge is -2.36. The second-order valence-electron chi connectivity index (χ2n) is 6.03. The van der Waals surface area contributed by atoms with Crippen LogP contribution >= 0.6 is 0 Å². The van der Waals surface area contributed by atoms with Gasteiger partial charge < -0.3 is 20.5 Å². The molecule has 0 aliphatic carbocycles. The van der Waals surface area contributed by atoms with Crippen LogP contribution in [0.5, 0.6) is 11.5 Å². The SMILES string of the molecule is CCNC(=O)C(C)Oc1ccc2c(c1)OC(C)(C)CC2N. The van der Waals surface area contributed by atoms with Crippen molar-refractivity contribution >= 4 is 5.91 Å². The van der Waals surface area contributed by atoms with Crippen molar-refractivity contribution in [3.05, 3.63) is 23.8 Å². The minimum atomic E-state index is -0.548. The average Bonchev–Trinajstić information content (AvgIpc) is 2.37. The van der Waals surface area contributed by atoms with Gasteiger partial charge in [0.1, 0.15) is 17.1 Å². The van der Waals surface area contributed by atoms with E-state index in [4.69, 9.17) is 15.2 Å². The van der Waals surface area contributed by atoms with Gasteiger partial charge in [0.15, 0.2) is 6.10 Å². The Morgan fingerprint density at radius 1 is 1.57 bits per heavy atom. The molecule has 1 aliphatic heterocycles. The first-order chi connectivity index (χ1) is 9.82. The Balaban J connectivity index is 2.16. The molecule has 0 aromatic heterocycles. The summed E-state index contributed by atoms with van der Waals surface area (Å²) in [5.74, 6) is 1.21. The molecule has 2 unspecified atom stereocenters. The molecule has 21 heavy (non-hydrogen) atoms. The third-order valence-electron chi connectivity index (χ3n) is 3.52. The van der Waals surface area contributed by atoms with E-state index < -0.39 is 6.10 Å². The Bertz CT molecular complexity index is 528. The van der Waals surface area contributed by atoms with Gasteiger partial charge in [-0.2, -0.15) is 0 Å². The highest BCUT2D eigenvalue weighted by Gasteiger charge is 2.32. The van der Waals surface area contributed by atoms with Crippen molar-refractivity contribution < 1.29 is 14.3 Å². The van der Waals surface area contributed by atoms with Crippen molar-refractivity contribution in [2.75, 3.05) is 6.54 Å². The van der Waals surface area contributed by atoms with Crippen LogP contribution in [0.25, 0.3) is 0 Å². The highest BCUT2D eigenvalue weighted by Crippen LogP contribution is 2.40. The Hall–Kier alpha value is -1.75. The van der Waals surface area contributed by atoms with Crippen LogP contribution in [0.2, 0.25) is 0 Å². The van der Waals surface area contributed by atoms with Crippen LogP contribution < -0.4 is 20.5 Å². The zero-order chi connectivity index (χ0) is 15.6. The fourth-order valence-corrected chi connectivity index (χ4v) is 2.54. The minimum absolute atomic E-state index is 0.0430. The monoisotopic (exact) mass is 292 g/mol. The van der Waals surface area contributed by atoms with Gasteiger partial charge in [-0.25, -0.2) is 0 Å². The first kappa shape index (κ1) is 15.6. The van der Waals surface area contributed by atoms with Gasteiger partial charge in [0, 0.05) is 30.6 Å². The van der Waals surface area contributed by atoms with Crippen molar-refractivity contribution in [3.8, 4) is 11.5 Å². The van der Waals surface area contributed by atoms with Crippen LogP contribution in [0.3, 0.4) is 0 Å². The van der Waals surface area contributed by atoms with Gasteiger partial charge >= 0.3 is 0 Å². The summed E-state index contributed by atoms with van der Waals surface area (Å²) in [4.78, 5) is 11.7. The maximum absolute atomic E-state index is 11.7. The number of amides is 1. The molecule has 0 radical (unpaired) electrons. The first-order valence-electron chi connectivity index (χ1n) is 7.35. The van der Waals surface area contributed by atoms with Gasteiger partial charge in [-0.1, -0.05) is 6.07 Å². The summed E-state index contributed by atoms with van der Waals surface area (Å²) in [7, 11) is 0. The van der Waals surface area contributed by atoms with E-state index in [-0.39, 0.29) is 17.6 Å². The van der Waals surface area contributed by atoms with Crippen molar-refractivity contribution in [3.63, 3.8) is 0 Å². The number of benzene rings is 1. The fourth-order valence-electron chi connectivity index (χ4n) is 2.54. The molecule has 3 N–H and O–H groups in total. The van der Waals surface area contributed by atoms with E-state index >= 15 is 0 Å². The third-order valence-corrected chi connectivity index (χ3v) is 3.52. The van der Waals surface area contributed by atoms with Crippen LogP contribution in [0.4, 0.5) is 0 Å². The van der Waals surface area contributed by atoms with E-state index in [1.54, 1.807) is 6.92 Å². The Labute approximate surface area is 125 Å². The molecule has 116 valence electrons. The summed E-state index contributed by atoms with van der Waals surface area (Å²) >= 11 is 0. The number of nitrogens with one attached hydrogen (secondary N) is 1. The number of carbonyl (C=O) groups is 1. The van der Waals surface area contributed by atoms with Crippen LogP contribution in [0.1, 0.15) is 45.7 Å². The Kier molecular flexibility index (Phi) is 4.42. The molecule has 2 rings (SSSR count). The summed E-state index contributed by atoms with van der Waals surface area (Å²) in [6.45, 7) is 8.21. The second kappa shape index (κ2) is 5.93. The third kappa shape index (κ3) is 3.67. The number of carbonyl (C=O) groups excluding carboxylic acids is 1. The molecule has 1 aliphatic rings. The highest BCUT2D eigenvalue weighted by atomic mass is 16.5. The molecular weight excluding hydrogens is 268 g/mol. The predicted molar refractivity (Wildman–Crippen MR) is 81.5 cm³/mol. The Morgan fingerprint density at radius 2 is 2.29 bits per heavy atom. The lowest BCUT2D eigenvalue weighted by molar-refractivity contribution is -0.127. The summed E-state index contributed by atoms with van der Waals surface area (Å²) in [5.41, 5.74) is 6.86. The van der Waals surface area contributed by atoms with Gasteiger partial charge in [-0.3, -0.25) is 4.79 Å². The molecule has 1 aromatic carbocycles. The standard InChI is InChI=1S/C16H24N2O3/c1-5-18-15(19)10(2)20-11-6-7-12-13(17)9-16(3,4)21-14(12)8-11/h6-8,10,13H,5,9,17H2,1-4H3,(H,18,19). The molecule has 0 fully saturated rings. The molecule has 0 spiro atoms. The quantitative estimate of drug-likeness (QED) is 0.892. The van der Waals surface area contributed by atoms with Gasteiger partial charge in [0.25, 0.3) is 5.91 Å². The summed E-state index contributed by atoms with van der Waals surface area (Å²) in [6.07, 6.45) is 0.225. The van der Waals surface area contributed by atoms with Gasteiger partial charge in [-0.05, 0) is 33.8 Å². The van der Waals surface area contributed by atoms with Crippen LogP contribution in [0, 0.1) is 0 Å². The maximum Gasteiger partial charge on any atom is 0.260 e. The number of hydrogen-bond donors (Lipinski definition) is 2. The normalized spacial score (nSPS) is 20.9. The average molecular weight is 292 g/mol. The lowest BCUT2D eigenvalue weighted by Crippen LogP contribution is -2.37. The smallest absolute Gasteiger partial charge is 0.260 e. The molecule has 2 atom stereocenters. The van der Waals surface area contributed by atoms with Crippen LogP contribution in [-0.4, -0.2) is 24.2 Å². The molecule has 0 saturated heterocycles. The number of fused-ring (bicyclic) bond motifs is 1. The van der Waals surface area contributed by atoms with Gasteiger partial charge in [-0.15, -0.1) is 0 Å². The zero-order valence-electron chi connectivity index (χ0n) is 13.1. The molecule has 5 heteroatoms. The first-order valence-corrected chi connectivity index (χ1v) is 7.35. The Morgan fingerprint density at radius 3 is 2.95 bits per heavy atom. The molecule has 0 saturated carbocycles. The number of nitrogens with two attached hydrogens (primary N) is 1. The lowest BCUT2D eigenvalue weighted by atomic mass is 9.90. The minimum Gasteiger partial charge on any atom is -0.487 e. The topological polar surface area (TPSA) is 73.6 Å². The summed E-state index contributed by atoms with van der Waals surface area (Å²) in [5, 5.41) is 2.73. The number of rotatable bonds is 4. The van der Waals surface area contributed by atoms with Crippen LogP contribution in [0.15, 0.2) is 18.2 Å². The molecule has 1 heterocycles. The van der Waals surface area contributed by atoms with Crippen molar-refractivity contribution in [2.24, 2.45) is 5.73 Å². The van der Waals surface area contributed by atoms with Gasteiger partial charge in [0.05, 0.1) is 0 Å². The zero-order valence-corrected chi connectivity index (χ0v) is 13.1. The van der Waals surface area contributed by atoms with E-state index in [1.807, 2.05) is 39.0 Å². The fraction of sp³-hybridized carbons (Fsp3) is 0.562. The highest BCUT2D eigenvalue weighted by molar-refractivity contribution is 5.80. The van der Waals surface area contributed by atoms with E-state index in [1.165, 1.54) is 0 Å². The molecule has 0 bridgehead atoms. The van der Waals surface area contributed by atoms with Gasteiger partial charge in [0.2, 0.25) is 0 Å². The predicted octanol–water partition coefficient (Wildman–Crippen LogP) is 2.15. The summed E-state index contributed by atoms with van der Waals surface area (Å²) < 4.78 is 11.6. The van der Waals surface area contributed by atoms with Crippen LogP contribution in [-0.2, 0) is 4.79 Å². The van der Waals surface area contributed by atoms with E-state index in [0.717, 1.165) is 17.7 Å². The molecular formula is C16H24N2O3. The number of ether oxygens (including phenoxy) is 2. The summed E-state index contributed by atoms with van der Waals surface area (Å²) in [6, 6.07) is 5.51. The van der Waals surface area contributed by atoms with E-state index in [0.29, 0.717) is 12.3 Å². The second-order valence-corrected chi connectivity index (χ2v) is 6.03. The number of likely N-dealkylation sites (N-methyl/N-ethyl adjacent to an activating group) is 1. The van der Waals surface area contributed by atoms with E-state index in [9.17, 15) is 4.79 Å². The number of hydrogen-bond acceptors (Lipinski definition) is 4.